The lowest BCUT2D eigenvalue weighted by atomic mass is 9.95. The summed E-state index contributed by atoms with van der Waals surface area (Å²) in [5.41, 5.74) is 0. The molecule has 0 aromatic heterocycles. The highest BCUT2D eigenvalue weighted by Gasteiger charge is 2.28. The number of rotatable bonds is 4. The molecule has 0 radical (unpaired) electrons. The van der Waals surface area contributed by atoms with Gasteiger partial charge in [-0.25, -0.2) is 0 Å². The Morgan fingerprint density at radius 3 is 2.71 bits per heavy atom. The van der Waals surface area contributed by atoms with Crippen molar-refractivity contribution in [3.8, 4) is 0 Å². The molecule has 100 valence electrons. The number of methoxy groups -OCH3 is 1. The summed E-state index contributed by atoms with van der Waals surface area (Å²) in [6, 6.07) is 0.809. The predicted molar refractivity (Wildman–Crippen MR) is 71.3 cm³/mol. The number of hydrogen-bond donors (Lipinski definition) is 0. The number of ether oxygens (including phenoxy) is 1. The van der Waals surface area contributed by atoms with Crippen LogP contribution in [0.4, 0.5) is 0 Å². The molecule has 0 bridgehead atoms. The Morgan fingerprint density at radius 2 is 1.94 bits per heavy atom. The van der Waals surface area contributed by atoms with E-state index in [-0.39, 0.29) is 0 Å². The van der Waals surface area contributed by atoms with Crippen molar-refractivity contribution >= 4 is 0 Å². The smallest absolute Gasteiger partial charge is 0.0502 e. The first kappa shape index (κ1) is 13.3. The van der Waals surface area contributed by atoms with E-state index in [2.05, 4.69) is 16.7 Å². The minimum atomic E-state index is 0.769. The van der Waals surface area contributed by atoms with Crippen LogP contribution >= 0.6 is 0 Å². The van der Waals surface area contributed by atoms with Gasteiger partial charge in [0.1, 0.15) is 0 Å². The van der Waals surface area contributed by atoms with E-state index in [0.717, 1.165) is 18.6 Å². The Hall–Kier alpha value is -0.120. The van der Waals surface area contributed by atoms with Crippen molar-refractivity contribution in [2.24, 2.45) is 5.92 Å². The molecule has 2 aliphatic heterocycles. The van der Waals surface area contributed by atoms with Gasteiger partial charge in [0, 0.05) is 26.2 Å². The first-order chi connectivity index (χ1) is 8.33. The fourth-order valence-electron chi connectivity index (χ4n) is 3.42. The molecule has 2 heterocycles. The van der Waals surface area contributed by atoms with E-state index < -0.39 is 0 Å². The second-order valence-electron chi connectivity index (χ2n) is 5.65. The molecule has 2 unspecified atom stereocenters. The summed E-state index contributed by atoms with van der Waals surface area (Å²) in [7, 11) is 1.83. The van der Waals surface area contributed by atoms with E-state index in [0.29, 0.717) is 0 Å². The van der Waals surface area contributed by atoms with Crippen LogP contribution in [0.1, 0.15) is 32.6 Å². The minimum Gasteiger partial charge on any atom is -0.384 e. The molecule has 0 saturated carbocycles. The van der Waals surface area contributed by atoms with Crippen molar-refractivity contribution in [3.05, 3.63) is 0 Å². The largest absolute Gasteiger partial charge is 0.384 e. The average Bonchev–Trinajstić information content (AvgIpc) is 2.40. The molecule has 2 rings (SSSR count). The standard InChI is InChI=1S/C14H28N2O/c1-3-15-8-5-7-14(11-15)16-9-4-6-13(10-16)12-17-2/h13-14H,3-12H2,1-2H3. The lowest BCUT2D eigenvalue weighted by Crippen LogP contribution is -2.51. The normalized spacial score (nSPS) is 32.8. The fraction of sp³-hybridized carbons (Fsp3) is 1.00. The van der Waals surface area contributed by atoms with Crippen molar-refractivity contribution in [3.63, 3.8) is 0 Å². The van der Waals surface area contributed by atoms with Crippen LogP contribution in [0.25, 0.3) is 0 Å². The Morgan fingerprint density at radius 1 is 1.12 bits per heavy atom. The number of likely N-dealkylation sites (N-methyl/N-ethyl adjacent to an activating group) is 1. The Labute approximate surface area is 106 Å². The summed E-state index contributed by atoms with van der Waals surface area (Å²) in [5.74, 6) is 0.769. The molecule has 3 nitrogen and oxygen atoms in total. The van der Waals surface area contributed by atoms with E-state index >= 15 is 0 Å². The maximum absolute atomic E-state index is 5.32. The fourth-order valence-corrected chi connectivity index (χ4v) is 3.42. The van der Waals surface area contributed by atoms with Crippen LogP contribution in [-0.2, 0) is 4.74 Å². The molecule has 0 aromatic rings. The highest BCUT2D eigenvalue weighted by atomic mass is 16.5. The lowest BCUT2D eigenvalue weighted by molar-refractivity contribution is 0.0394. The zero-order valence-electron chi connectivity index (χ0n) is 11.5. The molecular formula is C14H28N2O. The van der Waals surface area contributed by atoms with E-state index in [1.807, 2.05) is 7.11 Å². The van der Waals surface area contributed by atoms with Crippen LogP contribution in [-0.4, -0.2) is 62.3 Å². The summed E-state index contributed by atoms with van der Waals surface area (Å²) in [6.45, 7) is 9.61. The molecular weight excluding hydrogens is 212 g/mol. The first-order valence-corrected chi connectivity index (χ1v) is 7.28. The zero-order valence-corrected chi connectivity index (χ0v) is 11.5. The van der Waals surface area contributed by atoms with Gasteiger partial charge >= 0.3 is 0 Å². The first-order valence-electron chi connectivity index (χ1n) is 7.28. The number of piperidine rings is 2. The van der Waals surface area contributed by atoms with Crippen molar-refractivity contribution in [2.75, 3.05) is 46.4 Å². The van der Waals surface area contributed by atoms with Gasteiger partial charge in [-0.2, -0.15) is 0 Å². The highest BCUT2D eigenvalue weighted by Crippen LogP contribution is 2.23. The van der Waals surface area contributed by atoms with Gasteiger partial charge in [0.15, 0.2) is 0 Å². The number of nitrogens with zero attached hydrogens (tertiary/aromatic N) is 2. The van der Waals surface area contributed by atoms with Crippen molar-refractivity contribution in [1.82, 2.24) is 9.80 Å². The third kappa shape index (κ3) is 3.67. The van der Waals surface area contributed by atoms with E-state index in [9.17, 15) is 0 Å². The molecule has 0 amide bonds. The monoisotopic (exact) mass is 240 g/mol. The summed E-state index contributed by atoms with van der Waals surface area (Å²) < 4.78 is 5.32. The average molecular weight is 240 g/mol. The Balaban J connectivity index is 1.83. The molecule has 2 fully saturated rings. The van der Waals surface area contributed by atoms with Crippen molar-refractivity contribution in [2.45, 2.75) is 38.6 Å². The van der Waals surface area contributed by atoms with Gasteiger partial charge in [0.05, 0.1) is 6.61 Å². The van der Waals surface area contributed by atoms with Gasteiger partial charge in [0.2, 0.25) is 0 Å². The maximum Gasteiger partial charge on any atom is 0.0502 e. The summed E-state index contributed by atoms with van der Waals surface area (Å²) in [5, 5.41) is 0. The van der Waals surface area contributed by atoms with Gasteiger partial charge in [-0.1, -0.05) is 6.92 Å². The highest BCUT2D eigenvalue weighted by molar-refractivity contribution is 4.84. The van der Waals surface area contributed by atoms with E-state index in [1.165, 1.54) is 58.4 Å². The van der Waals surface area contributed by atoms with Crippen LogP contribution in [0.3, 0.4) is 0 Å². The minimum absolute atomic E-state index is 0.769. The molecule has 2 saturated heterocycles. The number of likely N-dealkylation sites (tertiary alicyclic amines) is 2. The quantitative estimate of drug-likeness (QED) is 0.745. The van der Waals surface area contributed by atoms with E-state index in [4.69, 9.17) is 4.74 Å². The third-order valence-electron chi connectivity index (χ3n) is 4.40. The van der Waals surface area contributed by atoms with Gasteiger partial charge in [-0.3, -0.25) is 4.90 Å². The summed E-state index contributed by atoms with van der Waals surface area (Å²) in [6.07, 6.45) is 5.49. The molecule has 0 aromatic carbocycles. The SMILES string of the molecule is CCN1CCCC(N2CCCC(COC)C2)C1. The molecule has 2 atom stereocenters. The molecule has 0 spiro atoms. The molecule has 0 N–H and O–H groups in total. The van der Waals surface area contributed by atoms with Crippen LogP contribution < -0.4 is 0 Å². The van der Waals surface area contributed by atoms with Gasteiger partial charge in [-0.15, -0.1) is 0 Å². The molecule has 0 aliphatic carbocycles. The van der Waals surface area contributed by atoms with Crippen LogP contribution in [0.5, 0.6) is 0 Å². The predicted octanol–water partition coefficient (Wildman–Crippen LogP) is 1.83. The summed E-state index contributed by atoms with van der Waals surface area (Å²) >= 11 is 0. The molecule has 3 heteroatoms. The summed E-state index contributed by atoms with van der Waals surface area (Å²) in [4.78, 5) is 5.34. The third-order valence-corrected chi connectivity index (χ3v) is 4.40. The van der Waals surface area contributed by atoms with Gasteiger partial charge in [0.25, 0.3) is 0 Å². The van der Waals surface area contributed by atoms with Crippen LogP contribution in [0.15, 0.2) is 0 Å². The van der Waals surface area contributed by atoms with Crippen LogP contribution in [0.2, 0.25) is 0 Å². The van der Waals surface area contributed by atoms with E-state index in [1.54, 1.807) is 0 Å². The van der Waals surface area contributed by atoms with Gasteiger partial charge in [-0.05, 0) is 51.2 Å². The topological polar surface area (TPSA) is 15.7 Å². The van der Waals surface area contributed by atoms with Crippen LogP contribution in [0, 0.1) is 5.92 Å². The second kappa shape index (κ2) is 6.72. The maximum atomic E-state index is 5.32. The molecule has 2 aliphatic rings. The Kier molecular flexibility index (Phi) is 5.26. The Bertz CT molecular complexity index is 220. The van der Waals surface area contributed by atoms with Crippen molar-refractivity contribution in [1.29, 1.82) is 0 Å². The molecule has 17 heavy (non-hydrogen) atoms. The second-order valence-corrected chi connectivity index (χ2v) is 5.65. The lowest BCUT2D eigenvalue weighted by Gasteiger charge is -2.42. The van der Waals surface area contributed by atoms with Crippen molar-refractivity contribution < 1.29 is 4.74 Å². The zero-order chi connectivity index (χ0) is 12.1. The number of hydrogen-bond acceptors (Lipinski definition) is 3. The van der Waals surface area contributed by atoms with Gasteiger partial charge < -0.3 is 9.64 Å².